The molecule has 2 rings (SSSR count). The average molecular weight is 544 g/mol. The molecule has 0 aromatic heterocycles. The lowest BCUT2D eigenvalue weighted by Crippen LogP contribution is -2.46. The highest BCUT2D eigenvalue weighted by atomic mass is 33.9. The molecule has 30 heavy (non-hydrogen) atoms. The maximum Gasteiger partial charge on any atom is 0.500 e. The number of benzene rings is 1. The van der Waals surface area contributed by atoms with E-state index in [9.17, 15) is 9.59 Å². The summed E-state index contributed by atoms with van der Waals surface area (Å²) in [6.07, 6.45) is 0.964. The van der Waals surface area contributed by atoms with Gasteiger partial charge >= 0.3 is 8.80 Å². The fraction of sp³-hybridized carbons (Fsp3) is 0.529. The van der Waals surface area contributed by atoms with Crippen molar-refractivity contribution in [3.05, 3.63) is 35.4 Å². The molecule has 0 N–H and O–H groups in total. The van der Waals surface area contributed by atoms with Crippen molar-refractivity contribution in [1.29, 1.82) is 0 Å². The largest absolute Gasteiger partial charge is 0.500 e. The van der Waals surface area contributed by atoms with Gasteiger partial charge in [-0.05, 0) is 59.0 Å². The van der Waals surface area contributed by atoms with Gasteiger partial charge in [0.05, 0.1) is 11.1 Å². The Morgan fingerprint density at radius 1 is 0.833 bits per heavy atom. The number of carbonyl (C=O) groups is 2. The van der Waals surface area contributed by atoms with Crippen LogP contribution in [-0.2, 0) is 13.3 Å². The molecule has 6 nitrogen and oxygen atoms in total. The molecule has 0 fully saturated rings. The predicted molar refractivity (Wildman–Crippen MR) is 137 cm³/mol. The van der Waals surface area contributed by atoms with Crippen LogP contribution >= 0.6 is 61.1 Å². The van der Waals surface area contributed by atoms with Crippen LogP contribution in [0.5, 0.6) is 0 Å². The van der Waals surface area contributed by atoms with Gasteiger partial charge in [0.2, 0.25) is 0 Å². The molecule has 0 spiro atoms. The first-order valence-electron chi connectivity index (χ1n) is 9.44. The van der Waals surface area contributed by atoms with Crippen LogP contribution in [0.1, 0.15) is 47.9 Å². The molecule has 0 aliphatic carbocycles. The van der Waals surface area contributed by atoms with E-state index in [0.717, 1.165) is 18.2 Å². The van der Waals surface area contributed by atoms with Crippen molar-refractivity contribution in [2.45, 2.75) is 33.2 Å². The number of imide groups is 1. The Kier molecular flexibility index (Phi) is 13.1. The molecule has 0 bridgehead atoms. The second-order valence-corrected chi connectivity index (χ2v) is 17.8. The summed E-state index contributed by atoms with van der Waals surface area (Å²) in [6.45, 7) is 7.70. The van der Waals surface area contributed by atoms with E-state index in [4.69, 9.17) is 13.3 Å². The van der Waals surface area contributed by atoms with Gasteiger partial charge in [-0.1, -0.05) is 22.9 Å². The van der Waals surface area contributed by atoms with E-state index < -0.39 is 8.80 Å². The quantitative estimate of drug-likeness (QED) is 0.0743. The minimum Gasteiger partial charge on any atom is -0.374 e. The van der Waals surface area contributed by atoms with Gasteiger partial charge in [-0.15, -0.1) is 0 Å². The molecule has 1 aromatic carbocycles. The van der Waals surface area contributed by atoms with Crippen molar-refractivity contribution < 1.29 is 22.9 Å². The monoisotopic (exact) mass is 543 g/mol. The number of amides is 2. The summed E-state index contributed by atoms with van der Waals surface area (Å²) < 4.78 is 18.8. The summed E-state index contributed by atoms with van der Waals surface area (Å²) in [6, 6.07) is 7.74. The molecule has 1 heterocycles. The third kappa shape index (κ3) is 7.85. The molecule has 0 saturated heterocycles. The summed E-state index contributed by atoms with van der Waals surface area (Å²) >= 11 is 0. The van der Waals surface area contributed by atoms with Crippen molar-refractivity contribution in [2.24, 2.45) is 0 Å². The van der Waals surface area contributed by atoms with Crippen molar-refractivity contribution >= 4 is 81.7 Å². The van der Waals surface area contributed by atoms with Crippen LogP contribution in [0.2, 0.25) is 6.04 Å². The molecular weight excluding hydrogens is 519 g/mol. The van der Waals surface area contributed by atoms with Crippen molar-refractivity contribution in [3.63, 3.8) is 0 Å². The minimum atomic E-state index is -2.54. The van der Waals surface area contributed by atoms with Crippen molar-refractivity contribution in [1.82, 2.24) is 4.31 Å². The molecule has 1 aliphatic rings. The Morgan fingerprint density at radius 2 is 1.37 bits per heavy atom. The Hall–Kier alpha value is 0.557. The van der Waals surface area contributed by atoms with E-state index in [1.54, 1.807) is 54.7 Å². The topological polar surface area (TPSA) is 65.1 Å². The maximum atomic E-state index is 12.3. The predicted octanol–water partition coefficient (Wildman–Crippen LogP) is 6.61. The zero-order chi connectivity index (χ0) is 21.8. The maximum absolute atomic E-state index is 12.3. The van der Waals surface area contributed by atoms with Crippen molar-refractivity contribution in [3.8, 4) is 0 Å². The molecule has 0 radical (unpaired) electrons. The smallest absolute Gasteiger partial charge is 0.374 e. The van der Waals surface area contributed by atoms with Crippen LogP contribution in [0.15, 0.2) is 24.3 Å². The van der Waals surface area contributed by atoms with E-state index in [2.05, 4.69) is 0 Å². The average Bonchev–Trinajstić information content (AvgIpc) is 2.98. The number of nitrogens with zero attached hydrogens (tertiary/aromatic N) is 1. The lowest BCUT2D eigenvalue weighted by molar-refractivity contribution is 0.0710. The number of hydrogen-bond donors (Lipinski definition) is 0. The second kappa shape index (κ2) is 14.7. The molecule has 1 aromatic rings. The Morgan fingerprint density at radius 3 is 1.90 bits per heavy atom. The van der Waals surface area contributed by atoms with Gasteiger partial charge < -0.3 is 13.3 Å². The first-order chi connectivity index (χ1) is 14.6. The van der Waals surface area contributed by atoms with Crippen LogP contribution in [0.25, 0.3) is 0 Å². The summed E-state index contributed by atoms with van der Waals surface area (Å²) in [5, 5.41) is 0. The normalized spacial score (nSPS) is 13.9. The van der Waals surface area contributed by atoms with Gasteiger partial charge in [-0.25, -0.2) is 4.31 Å². The van der Waals surface area contributed by atoms with Crippen LogP contribution in [0.3, 0.4) is 0 Å². The van der Waals surface area contributed by atoms with Gasteiger partial charge in [0.15, 0.2) is 0 Å². The fourth-order valence-electron chi connectivity index (χ4n) is 2.70. The SMILES string of the molecule is CCO[Si](CCCSSSSSSN1C(=O)c2ccccc2C1=O)(OCC)OCC. The highest BCUT2D eigenvalue weighted by Gasteiger charge is 2.39. The van der Waals surface area contributed by atoms with Gasteiger partial charge in [0.25, 0.3) is 11.8 Å². The summed E-state index contributed by atoms with van der Waals surface area (Å²) in [7, 11) is 6.64. The van der Waals surface area contributed by atoms with E-state index in [1.807, 2.05) is 20.8 Å². The lowest BCUT2D eigenvalue weighted by Gasteiger charge is -2.28. The standard InChI is InChI=1S/C17H25NO5S6Si/c1-4-21-30(22-5-2,23-6-3)13-9-12-24-26-28-29-27-25-18-16(19)14-10-7-8-11-15(14)17(18)20/h7-8,10-11H,4-6,9,12-13H2,1-3H3. The molecule has 0 unspecified atom stereocenters. The van der Waals surface area contributed by atoms with Gasteiger partial charge in [-0.3, -0.25) is 9.59 Å². The Balaban J connectivity index is 1.58. The summed E-state index contributed by atoms with van der Waals surface area (Å²) in [5.41, 5.74) is 0.952. The van der Waals surface area contributed by atoms with Gasteiger partial charge in [0.1, 0.15) is 0 Å². The molecule has 0 saturated carbocycles. The number of hydrogen-bond acceptors (Lipinski definition) is 11. The first-order valence-corrected chi connectivity index (χ1v) is 19.0. The Labute approximate surface area is 201 Å². The van der Waals surface area contributed by atoms with E-state index in [0.29, 0.717) is 30.9 Å². The third-order valence-corrected chi connectivity index (χ3v) is 17.5. The van der Waals surface area contributed by atoms with E-state index in [-0.39, 0.29) is 11.8 Å². The molecule has 2 amide bonds. The molecule has 1 aliphatic heterocycles. The van der Waals surface area contributed by atoms with Crippen LogP contribution in [-0.4, -0.2) is 50.5 Å². The Bertz CT molecular complexity index is 648. The highest BCUT2D eigenvalue weighted by molar-refractivity contribution is 9.41. The van der Waals surface area contributed by atoms with Crippen LogP contribution < -0.4 is 0 Å². The van der Waals surface area contributed by atoms with Crippen LogP contribution in [0.4, 0.5) is 0 Å². The molecule has 168 valence electrons. The summed E-state index contributed by atoms with van der Waals surface area (Å²) in [4.78, 5) is 24.6. The number of fused-ring (bicyclic) bond motifs is 1. The fourth-order valence-corrected chi connectivity index (χ4v) is 16.7. The zero-order valence-electron chi connectivity index (χ0n) is 17.0. The molecule has 13 heteroatoms. The molecular formula is C17H25NO5S6Si. The zero-order valence-corrected chi connectivity index (χ0v) is 22.9. The number of rotatable bonds is 16. The van der Waals surface area contributed by atoms with E-state index >= 15 is 0 Å². The van der Waals surface area contributed by atoms with Crippen LogP contribution in [0, 0.1) is 0 Å². The van der Waals surface area contributed by atoms with Gasteiger partial charge in [-0.2, -0.15) is 0 Å². The second-order valence-electron chi connectivity index (χ2n) is 5.70. The van der Waals surface area contributed by atoms with Gasteiger partial charge in [0, 0.05) is 62.2 Å². The molecule has 0 atom stereocenters. The third-order valence-electron chi connectivity index (χ3n) is 3.80. The lowest BCUT2D eigenvalue weighted by atomic mass is 10.1. The summed E-state index contributed by atoms with van der Waals surface area (Å²) in [5.74, 6) is 0.480. The van der Waals surface area contributed by atoms with Crippen molar-refractivity contribution in [2.75, 3.05) is 25.6 Å². The number of carbonyl (C=O) groups excluding carboxylic acids is 2. The minimum absolute atomic E-state index is 0.244. The van der Waals surface area contributed by atoms with E-state index in [1.165, 1.54) is 34.9 Å². The highest BCUT2D eigenvalue weighted by Crippen LogP contribution is 2.54. The first kappa shape index (κ1) is 26.8.